The fraction of sp³-hybridized carbons (Fsp3) is 0.167. The van der Waals surface area contributed by atoms with E-state index >= 15 is 0 Å². The number of amides is 2. The maximum atomic E-state index is 13.1. The summed E-state index contributed by atoms with van der Waals surface area (Å²) < 4.78 is 15.0. The molecule has 0 aliphatic rings. The highest BCUT2D eigenvalue weighted by Gasteiger charge is 2.18. The highest BCUT2D eigenvalue weighted by atomic mass is 19.1. The van der Waals surface area contributed by atoms with Gasteiger partial charge in [-0.2, -0.15) is 0 Å². The summed E-state index contributed by atoms with van der Waals surface area (Å²) in [7, 11) is 5.51. The highest BCUT2D eigenvalue weighted by molar-refractivity contribution is 5.88. The Morgan fingerprint density at radius 1 is 1.04 bits per heavy atom. The van der Waals surface area contributed by atoms with Gasteiger partial charge in [0, 0.05) is 38.2 Å². The molecular formula is C18H20FN7O. The molecule has 3 N–H and O–H groups in total. The third-order valence-corrected chi connectivity index (χ3v) is 4.14. The van der Waals surface area contributed by atoms with Gasteiger partial charge >= 0.3 is 6.03 Å². The maximum Gasteiger partial charge on any atom is 0.316 e. The molecule has 0 unspecified atom stereocenters. The molecule has 3 rings (SSSR count). The highest BCUT2D eigenvalue weighted by Crippen LogP contribution is 2.28. The van der Waals surface area contributed by atoms with Gasteiger partial charge in [-0.3, -0.25) is 4.57 Å². The van der Waals surface area contributed by atoms with E-state index in [9.17, 15) is 9.18 Å². The molecule has 0 aliphatic heterocycles. The second-order valence-corrected chi connectivity index (χ2v) is 5.99. The van der Waals surface area contributed by atoms with Crippen molar-refractivity contribution in [1.82, 2.24) is 14.8 Å². The van der Waals surface area contributed by atoms with Crippen LogP contribution in [0.1, 0.15) is 0 Å². The Balaban J connectivity index is 1.88. The Bertz CT molecular complexity index is 955. The van der Waals surface area contributed by atoms with E-state index in [-0.39, 0.29) is 5.82 Å². The van der Waals surface area contributed by atoms with Gasteiger partial charge in [-0.1, -0.05) is 6.07 Å². The fourth-order valence-electron chi connectivity index (χ4n) is 2.73. The van der Waals surface area contributed by atoms with Crippen LogP contribution in [0.2, 0.25) is 0 Å². The third-order valence-electron chi connectivity index (χ3n) is 4.14. The van der Waals surface area contributed by atoms with E-state index in [0.717, 1.165) is 11.4 Å². The van der Waals surface area contributed by atoms with E-state index in [1.165, 1.54) is 12.1 Å². The number of carbonyl (C=O) groups excluding carboxylic acids is 1. The molecular weight excluding hydrogens is 349 g/mol. The minimum absolute atomic E-state index is 0.296. The maximum absolute atomic E-state index is 13.1. The van der Waals surface area contributed by atoms with Crippen molar-refractivity contribution >= 4 is 35.0 Å². The van der Waals surface area contributed by atoms with Crippen molar-refractivity contribution in [2.45, 2.75) is 0 Å². The van der Waals surface area contributed by atoms with E-state index in [0.29, 0.717) is 17.6 Å². The molecule has 3 aromatic rings. The van der Waals surface area contributed by atoms with Gasteiger partial charge in [-0.25, -0.2) is 9.18 Å². The molecule has 27 heavy (non-hydrogen) atoms. The van der Waals surface area contributed by atoms with Crippen LogP contribution < -0.4 is 20.9 Å². The van der Waals surface area contributed by atoms with Crippen LogP contribution in [0.5, 0.6) is 0 Å². The standard InChI is InChI=1S/C18H20FN7O/c1-24(14-9-7-12(19)8-10-14)17-22-23-18(26(17)3)25(2)15-6-4-5-13(11-15)21-16(20)27/h4-11H,1-3H3,(H3,20,21,27). The molecule has 2 aromatic carbocycles. The van der Waals surface area contributed by atoms with Crippen molar-refractivity contribution in [3.05, 3.63) is 54.3 Å². The lowest BCUT2D eigenvalue weighted by atomic mass is 10.2. The van der Waals surface area contributed by atoms with E-state index < -0.39 is 6.03 Å². The molecule has 1 heterocycles. The first kappa shape index (κ1) is 18.2. The second-order valence-electron chi connectivity index (χ2n) is 5.99. The monoisotopic (exact) mass is 369 g/mol. The summed E-state index contributed by atoms with van der Waals surface area (Å²) in [6, 6.07) is 12.7. The number of halogens is 1. The number of benzene rings is 2. The number of nitrogens with one attached hydrogen (secondary N) is 1. The first-order chi connectivity index (χ1) is 12.9. The number of nitrogens with zero attached hydrogens (tertiary/aromatic N) is 5. The lowest BCUT2D eigenvalue weighted by Crippen LogP contribution is -2.20. The molecule has 0 spiro atoms. The number of hydrogen-bond acceptors (Lipinski definition) is 5. The molecule has 0 bridgehead atoms. The number of urea groups is 1. The number of nitrogens with two attached hydrogens (primary N) is 1. The average molecular weight is 369 g/mol. The van der Waals surface area contributed by atoms with Gasteiger partial charge in [0.1, 0.15) is 5.82 Å². The van der Waals surface area contributed by atoms with Gasteiger partial charge in [0.15, 0.2) is 0 Å². The largest absolute Gasteiger partial charge is 0.351 e. The first-order valence-corrected chi connectivity index (χ1v) is 8.16. The van der Waals surface area contributed by atoms with Crippen molar-refractivity contribution in [3.8, 4) is 0 Å². The van der Waals surface area contributed by atoms with Gasteiger partial charge in [-0.05, 0) is 42.5 Å². The van der Waals surface area contributed by atoms with E-state index in [2.05, 4.69) is 15.5 Å². The van der Waals surface area contributed by atoms with Crippen molar-refractivity contribution < 1.29 is 9.18 Å². The summed E-state index contributed by atoms with van der Waals surface area (Å²) in [6.45, 7) is 0. The van der Waals surface area contributed by atoms with Crippen LogP contribution in [0.4, 0.5) is 38.1 Å². The molecule has 0 saturated heterocycles. The zero-order valence-corrected chi connectivity index (χ0v) is 15.2. The number of hydrogen-bond donors (Lipinski definition) is 2. The number of anilines is 5. The van der Waals surface area contributed by atoms with Crippen molar-refractivity contribution in [3.63, 3.8) is 0 Å². The van der Waals surface area contributed by atoms with Crippen LogP contribution in [0.3, 0.4) is 0 Å². The van der Waals surface area contributed by atoms with E-state index in [4.69, 9.17) is 5.73 Å². The Morgan fingerprint density at radius 3 is 2.22 bits per heavy atom. The van der Waals surface area contributed by atoms with E-state index in [1.807, 2.05) is 41.6 Å². The Hall–Kier alpha value is -3.62. The number of primary amides is 1. The smallest absolute Gasteiger partial charge is 0.316 e. The Labute approximate surface area is 156 Å². The Morgan fingerprint density at radius 2 is 1.63 bits per heavy atom. The molecule has 8 nitrogen and oxygen atoms in total. The fourth-order valence-corrected chi connectivity index (χ4v) is 2.73. The lowest BCUT2D eigenvalue weighted by molar-refractivity contribution is 0.259. The molecule has 0 atom stereocenters. The predicted octanol–water partition coefficient (Wildman–Crippen LogP) is 2.98. The van der Waals surface area contributed by atoms with Crippen LogP contribution in [0.25, 0.3) is 0 Å². The topological polar surface area (TPSA) is 92.3 Å². The zero-order chi connectivity index (χ0) is 19.6. The van der Waals surface area contributed by atoms with Crippen LogP contribution in [-0.4, -0.2) is 34.9 Å². The molecule has 0 radical (unpaired) electrons. The van der Waals surface area contributed by atoms with Gasteiger partial charge in [0.25, 0.3) is 0 Å². The molecule has 140 valence electrons. The van der Waals surface area contributed by atoms with Crippen LogP contribution >= 0.6 is 0 Å². The third kappa shape index (κ3) is 3.81. The van der Waals surface area contributed by atoms with Gasteiger partial charge < -0.3 is 20.9 Å². The van der Waals surface area contributed by atoms with Crippen LogP contribution in [0, 0.1) is 5.82 Å². The molecule has 0 fully saturated rings. The van der Waals surface area contributed by atoms with Crippen LogP contribution in [0.15, 0.2) is 48.5 Å². The Kier molecular flexibility index (Phi) is 4.93. The second kappa shape index (κ2) is 7.32. The minimum Gasteiger partial charge on any atom is -0.351 e. The average Bonchev–Trinajstić information content (AvgIpc) is 3.02. The summed E-state index contributed by atoms with van der Waals surface area (Å²) in [6.07, 6.45) is 0. The first-order valence-electron chi connectivity index (χ1n) is 8.16. The van der Waals surface area contributed by atoms with Crippen molar-refractivity contribution in [1.29, 1.82) is 0 Å². The zero-order valence-electron chi connectivity index (χ0n) is 15.2. The summed E-state index contributed by atoms with van der Waals surface area (Å²) in [4.78, 5) is 14.7. The number of rotatable bonds is 5. The predicted molar refractivity (Wildman–Crippen MR) is 103 cm³/mol. The van der Waals surface area contributed by atoms with Gasteiger partial charge in [0.2, 0.25) is 11.9 Å². The molecule has 0 saturated carbocycles. The summed E-state index contributed by atoms with van der Waals surface area (Å²) >= 11 is 0. The summed E-state index contributed by atoms with van der Waals surface area (Å²) in [5.41, 5.74) is 7.33. The van der Waals surface area contributed by atoms with Gasteiger partial charge in [-0.15, -0.1) is 10.2 Å². The SMILES string of the molecule is CN(c1ccc(F)cc1)c1nnc(N(C)c2cccc(NC(N)=O)c2)n1C. The minimum atomic E-state index is -0.628. The molecule has 0 aliphatic carbocycles. The van der Waals surface area contributed by atoms with Crippen molar-refractivity contribution in [2.24, 2.45) is 12.8 Å². The van der Waals surface area contributed by atoms with Crippen molar-refractivity contribution in [2.75, 3.05) is 29.2 Å². The number of carbonyl (C=O) groups is 1. The lowest BCUT2D eigenvalue weighted by Gasteiger charge is -2.21. The van der Waals surface area contributed by atoms with Crippen LogP contribution in [-0.2, 0) is 7.05 Å². The summed E-state index contributed by atoms with van der Waals surface area (Å²) in [5, 5.41) is 11.0. The summed E-state index contributed by atoms with van der Waals surface area (Å²) in [5.74, 6) is 0.889. The number of aromatic nitrogens is 3. The molecule has 2 amide bonds. The molecule has 9 heteroatoms. The van der Waals surface area contributed by atoms with E-state index in [1.54, 1.807) is 30.3 Å². The quantitative estimate of drug-likeness (QED) is 0.721. The molecule has 1 aromatic heterocycles. The van der Waals surface area contributed by atoms with Gasteiger partial charge in [0.05, 0.1) is 0 Å². The normalized spacial score (nSPS) is 10.5.